The van der Waals surface area contributed by atoms with Crippen molar-refractivity contribution in [3.63, 3.8) is 0 Å². The lowest BCUT2D eigenvalue weighted by atomic mass is 9.75. The molecule has 2 N–H and O–H groups in total. The van der Waals surface area contributed by atoms with Gasteiger partial charge < -0.3 is 10.3 Å². The average molecular weight is 281 g/mol. The van der Waals surface area contributed by atoms with Crippen molar-refractivity contribution in [3.8, 4) is 0 Å². The van der Waals surface area contributed by atoms with Gasteiger partial charge in [-0.15, -0.1) is 0 Å². The number of rotatable bonds is 5. The first-order chi connectivity index (χ1) is 9.23. The summed E-state index contributed by atoms with van der Waals surface area (Å²) in [7, 11) is 0. The van der Waals surface area contributed by atoms with Crippen molar-refractivity contribution in [1.82, 2.24) is 10.1 Å². The lowest BCUT2D eigenvalue weighted by Crippen LogP contribution is -2.48. The molecule has 2 aliphatic carbocycles. The fourth-order valence-electron chi connectivity index (χ4n) is 2.95. The fourth-order valence-corrected chi connectivity index (χ4v) is 4.12. The quantitative estimate of drug-likeness (QED) is 0.898. The summed E-state index contributed by atoms with van der Waals surface area (Å²) in [5.74, 6) is 2.45. The van der Waals surface area contributed by atoms with Crippen molar-refractivity contribution in [1.29, 1.82) is 0 Å². The summed E-state index contributed by atoms with van der Waals surface area (Å²) in [5, 5.41) is 4.88. The Morgan fingerprint density at radius 3 is 2.68 bits per heavy atom. The molecule has 2 aliphatic rings. The Balaban J connectivity index is 1.47. The molecule has 19 heavy (non-hydrogen) atoms. The molecule has 1 heterocycles. The molecule has 1 aromatic rings. The van der Waals surface area contributed by atoms with Gasteiger partial charge in [0.25, 0.3) is 0 Å². The van der Waals surface area contributed by atoms with Gasteiger partial charge in [-0.3, -0.25) is 0 Å². The van der Waals surface area contributed by atoms with Crippen LogP contribution in [-0.2, 0) is 12.2 Å². The van der Waals surface area contributed by atoms with Crippen molar-refractivity contribution in [2.75, 3.05) is 0 Å². The van der Waals surface area contributed by atoms with Crippen LogP contribution in [0.25, 0.3) is 0 Å². The highest BCUT2D eigenvalue weighted by Gasteiger charge is 2.34. The largest absolute Gasteiger partial charge is 0.339 e. The maximum atomic E-state index is 6.20. The SMILES string of the molecule is NC1(Cc2nc(CSC3CCCCC3)no2)CCC1. The molecule has 4 nitrogen and oxygen atoms in total. The van der Waals surface area contributed by atoms with Gasteiger partial charge in [-0.25, -0.2) is 0 Å². The van der Waals surface area contributed by atoms with Crippen molar-refractivity contribution in [2.24, 2.45) is 5.73 Å². The molecular formula is C14H23N3OS. The zero-order chi connectivity index (χ0) is 13.1. The molecule has 0 bridgehead atoms. The molecule has 0 atom stereocenters. The van der Waals surface area contributed by atoms with E-state index in [1.54, 1.807) is 0 Å². The van der Waals surface area contributed by atoms with E-state index in [-0.39, 0.29) is 5.54 Å². The Morgan fingerprint density at radius 2 is 2.00 bits per heavy atom. The van der Waals surface area contributed by atoms with Gasteiger partial charge >= 0.3 is 0 Å². The Bertz CT molecular complexity index is 411. The van der Waals surface area contributed by atoms with Crippen LogP contribution < -0.4 is 5.73 Å². The van der Waals surface area contributed by atoms with E-state index in [4.69, 9.17) is 10.3 Å². The first kappa shape index (κ1) is 13.4. The van der Waals surface area contributed by atoms with E-state index >= 15 is 0 Å². The van der Waals surface area contributed by atoms with E-state index in [9.17, 15) is 0 Å². The van der Waals surface area contributed by atoms with Gasteiger partial charge in [-0.05, 0) is 32.1 Å². The van der Waals surface area contributed by atoms with Crippen molar-refractivity contribution < 1.29 is 4.52 Å². The molecule has 0 unspecified atom stereocenters. The van der Waals surface area contributed by atoms with E-state index < -0.39 is 0 Å². The Hall–Kier alpha value is -0.550. The molecule has 0 saturated heterocycles. The summed E-state index contributed by atoms with van der Waals surface area (Å²) in [5.41, 5.74) is 6.13. The Kier molecular flexibility index (Phi) is 4.12. The second-order valence-electron chi connectivity index (χ2n) is 6.07. The van der Waals surface area contributed by atoms with E-state index in [2.05, 4.69) is 10.1 Å². The summed E-state index contributed by atoms with van der Waals surface area (Å²) < 4.78 is 5.32. The van der Waals surface area contributed by atoms with Crippen LogP contribution >= 0.6 is 11.8 Å². The van der Waals surface area contributed by atoms with Crippen LogP contribution in [0.15, 0.2) is 4.52 Å². The number of nitrogens with two attached hydrogens (primary N) is 1. The Morgan fingerprint density at radius 1 is 1.21 bits per heavy atom. The van der Waals surface area contributed by atoms with Crippen LogP contribution in [0, 0.1) is 0 Å². The molecule has 3 rings (SSSR count). The smallest absolute Gasteiger partial charge is 0.228 e. The summed E-state index contributed by atoms with van der Waals surface area (Å²) in [6.45, 7) is 0. The summed E-state index contributed by atoms with van der Waals surface area (Å²) in [6.07, 6.45) is 11.0. The zero-order valence-electron chi connectivity index (χ0n) is 11.4. The fraction of sp³-hybridized carbons (Fsp3) is 0.857. The third-order valence-electron chi connectivity index (χ3n) is 4.36. The standard InChI is InChI=1S/C14H23N3OS/c15-14(7-4-8-14)9-13-16-12(17-18-13)10-19-11-5-2-1-3-6-11/h11H,1-10,15H2. The number of thioether (sulfide) groups is 1. The maximum Gasteiger partial charge on any atom is 0.228 e. The predicted octanol–water partition coefficient (Wildman–Crippen LogP) is 3.06. The van der Waals surface area contributed by atoms with Crippen LogP contribution in [0.1, 0.15) is 63.1 Å². The van der Waals surface area contributed by atoms with E-state index in [0.717, 1.165) is 42.0 Å². The summed E-state index contributed by atoms with van der Waals surface area (Å²) in [4.78, 5) is 4.48. The zero-order valence-corrected chi connectivity index (χ0v) is 12.3. The maximum absolute atomic E-state index is 6.20. The summed E-state index contributed by atoms with van der Waals surface area (Å²) >= 11 is 1.99. The minimum absolute atomic E-state index is 0.0691. The van der Waals surface area contributed by atoms with Gasteiger partial charge in [-0.2, -0.15) is 16.7 Å². The van der Waals surface area contributed by atoms with Crippen molar-refractivity contribution >= 4 is 11.8 Å². The molecule has 0 spiro atoms. The molecule has 5 heteroatoms. The van der Waals surface area contributed by atoms with Crippen LogP contribution in [-0.4, -0.2) is 20.9 Å². The van der Waals surface area contributed by atoms with Crippen LogP contribution in [0.4, 0.5) is 0 Å². The molecule has 106 valence electrons. The van der Waals surface area contributed by atoms with Crippen molar-refractivity contribution in [3.05, 3.63) is 11.7 Å². The first-order valence-electron chi connectivity index (χ1n) is 7.45. The molecular weight excluding hydrogens is 258 g/mol. The molecule has 0 aromatic carbocycles. The third kappa shape index (κ3) is 3.51. The second-order valence-corrected chi connectivity index (χ2v) is 7.36. The van der Waals surface area contributed by atoms with Gasteiger partial charge in [-0.1, -0.05) is 24.4 Å². The number of hydrogen-bond donors (Lipinski definition) is 1. The van der Waals surface area contributed by atoms with Gasteiger partial charge in [0.05, 0.1) is 5.75 Å². The van der Waals surface area contributed by atoms with Crippen LogP contribution in [0.3, 0.4) is 0 Å². The minimum Gasteiger partial charge on any atom is -0.339 e. The van der Waals surface area contributed by atoms with Crippen molar-refractivity contribution in [2.45, 2.75) is 74.3 Å². The van der Waals surface area contributed by atoms with Gasteiger partial charge in [0.1, 0.15) is 0 Å². The predicted molar refractivity (Wildman–Crippen MR) is 76.9 cm³/mol. The van der Waals surface area contributed by atoms with E-state index in [0.29, 0.717) is 0 Å². The molecule has 2 fully saturated rings. The van der Waals surface area contributed by atoms with Crippen LogP contribution in [0.2, 0.25) is 0 Å². The molecule has 0 amide bonds. The first-order valence-corrected chi connectivity index (χ1v) is 8.50. The molecule has 0 aliphatic heterocycles. The van der Waals surface area contributed by atoms with Gasteiger partial charge in [0.15, 0.2) is 5.82 Å². The van der Waals surface area contributed by atoms with E-state index in [1.807, 2.05) is 11.8 Å². The highest BCUT2D eigenvalue weighted by Crippen LogP contribution is 2.32. The normalized spacial score (nSPS) is 23.2. The molecule has 2 saturated carbocycles. The highest BCUT2D eigenvalue weighted by atomic mass is 32.2. The molecule has 1 aromatic heterocycles. The third-order valence-corrected chi connectivity index (χ3v) is 5.73. The monoisotopic (exact) mass is 281 g/mol. The van der Waals surface area contributed by atoms with Gasteiger partial charge in [0.2, 0.25) is 5.89 Å². The number of aromatic nitrogens is 2. The molecule has 0 radical (unpaired) electrons. The topological polar surface area (TPSA) is 64.9 Å². The highest BCUT2D eigenvalue weighted by molar-refractivity contribution is 7.99. The lowest BCUT2D eigenvalue weighted by molar-refractivity contribution is 0.221. The Labute approximate surface area is 118 Å². The minimum atomic E-state index is -0.0691. The summed E-state index contributed by atoms with van der Waals surface area (Å²) in [6, 6.07) is 0. The number of nitrogens with zero attached hydrogens (tertiary/aromatic N) is 2. The average Bonchev–Trinajstić information content (AvgIpc) is 2.83. The van der Waals surface area contributed by atoms with Crippen LogP contribution in [0.5, 0.6) is 0 Å². The second kappa shape index (κ2) is 5.83. The number of hydrogen-bond acceptors (Lipinski definition) is 5. The lowest BCUT2D eigenvalue weighted by Gasteiger charge is -2.36. The van der Waals surface area contributed by atoms with E-state index in [1.165, 1.54) is 38.5 Å². The van der Waals surface area contributed by atoms with Gasteiger partial charge in [0, 0.05) is 17.2 Å².